The predicted molar refractivity (Wildman–Crippen MR) is 300 cm³/mol. The van der Waals surface area contributed by atoms with Gasteiger partial charge in [-0.2, -0.15) is 0 Å². The van der Waals surface area contributed by atoms with E-state index in [2.05, 4.69) is 0 Å². The third kappa shape index (κ3) is 6.05. The molecule has 9 aromatic carbocycles. The van der Waals surface area contributed by atoms with Crippen molar-refractivity contribution in [2.24, 2.45) is 0 Å². The van der Waals surface area contributed by atoms with Crippen LogP contribution in [0, 0.1) is 67.3 Å². The molecule has 11 aromatic rings. The third-order valence-corrected chi connectivity index (χ3v) is 18.6. The fourth-order valence-corrected chi connectivity index (χ4v) is 15.9. The van der Waals surface area contributed by atoms with Crippen LogP contribution in [0.4, 0.5) is 69.2 Å². The highest BCUT2D eigenvalue weighted by Crippen LogP contribution is 2.51. The summed E-state index contributed by atoms with van der Waals surface area (Å²) in [6, 6.07) is 29.5. The van der Waals surface area contributed by atoms with E-state index in [1.807, 2.05) is 50.2 Å². The number of rotatable bonds is 2. The van der Waals surface area contributed by atoms with Crippen molar-refractivity contribution < 1.29 is 54.1 Å². The Labute approximate surface area is 457 Å². The summed E-state index contributed by atoms with van der Waals surface area (Å²) in [6.07, 6.45) is 0. The molecule has 0 amide bonds. The quantitative estimate of drug-likeness (QED) is 0.127. The molecular weight excluding hydrogens is 1070 g/mol. The summed E-state index contributed by atoms with van der Waals surface area (Å²) < 4.78 is 159. The van der Waals surface area contributed by atoms with E-state index in [1.54, 1.807) is 31.2 Å². The Kier molecular flexibility index (Phi) is 9.13. The number of nitrogens with zero attached hydrogens (tertiary/aromatic N) is 2. The average molecular weight is 1100 g/mol. The normalized spacial score (nSPS) is 14.2. The number of thiophene rings is 2. The van der Waals surface area contributed by atoms with E-state index >= 15 is 35.1 Å². The van der Waals surface area contributed by atoms with Gasteiger partial charge in [-0.25, -0.2) is 35.1 Å². The van der Waals surface area contributed by atoms with E-state index in [9.17, 15) is 0 Å². The summed E-state index contributed by atoms with van der Waals surface area (Å²) in [7, 11) is 0. The highest BCUT2D eigenvalue weighted by atomic mass is 32.1. The number of halogens is 8. The number of anilines is 6. The third-order valence-electron chi connectivity index (χ3n) is 16.3. The van der Waals surface area contributed by atoms with Crippen molar-refractivity contribution in [2.75, 3.05) is 9.80 Å². The van der Waals surface area contributed by atoms with Crippen LogP contribution in [0.3, 0.4) is 0 Å². The van der Waals surface area contributed by atoms with E-state index in [-0.39, 0.29) is 22.3 Å². The van der Waals surface area contributed by atoms with Crippen LogP contribution in [0.1, 0.15) is 16.7 Å². The van der Waals surface area contributed by atoms with Gasteiger partial charge in [0.05, 0.1) is 10.8 Å². The number of hydrogen-bond acceptors (Lipinski definition) is 8. The van der Waals surface area contributed by atoms with Crippen LogP contribution in [0.15, 0.2) is 121 Å². The Morgan fingerprint density at radius 2 is 0.750 bits per heavy atom. The van der Waals surface area contributed by atoms with Crippen molar-refractivity contribution in [3.8, 4) is 46.0 Å². The highest BCUT2D eigenvalue weighted by Gasteiger charge is 2.51. The molecule has 6 aliphatic rings. The molecule has 384 valence electrons. The molecule has 8 heterocycles. The molecule has 0 unspecified atom stereocenters. The Balaban J connectivity index is 0.996. The van der Waals surface area contributed by atoms with Gasteiger partial charge in [-0.15, -0.1) is 22.7 Å². The fourth-order valence-electron chi connectivity index (χ4n) is 13.3. The second kappa shape index (κ2) is 15.8. The van der Waals surface area contributed by atoms with Crippen molar-refractivity contribution in [3.05, 3.63) is 185 Å². The molecule has 0 radical (unpaired) electrons. The number of para-hydroxylation sites is 2. The second-order valence-electron chi connectivity index (χ2n) is 21.1. The van der Waals surface area contributed by atoms with Crippen LogP contribution in [0.25, 0.3) is 20.2 Å². The molecule has 6 nitrogen and oxygen atoms in total. The summed E-state index contributed by atoms with van der Waals surface area (Å²) in [5, 5.41) is 0.218. The van der Waals surface area contributed by atoms with Gasteiger partial charge in [0.25, 0.3) is 20.1 Å². The smallest absolute Gasteiger partial charge is 0.273 e. The summed E-state index contributed by atoms with van der Waals surface area (Å²) in [5.41, 5.74) is 6.25. The number of benzene rings is 9. The van der Waals surface area contributed by atoms with Crippen LogP contribution < -0.4 is 76.5 Å². The lowest BCUT2D eigenvalue weighted by Gasteiger charge is -2.45. The first kappa shape index (κ1) is 46.3. The van der Waals surface area contributed by atoms with Crippen LogP contribution >= 0.6 is 22.7 Å². The SMILES string of the molecule is Cc1cc2c3c(c1)Oc1c(sc4cc(F)cc(F)c14)B3c1cc3c(cc1O2)N(c1c(F)cccc1F)c1cc(C)cc2c1B3c1cc3c(cc1N2c1c(F)cccc1F)Oc1cc(C)cc2c1B3c1sc3cc(F)cc(F)c3c1O2. The van der Waals surface area contributed by atoms with Crippen LogP contribution in [-0.2, 0) is 0 Å². The minimum Gasteiger partial charge on any atom is -0.458 e. The van der Waals surface area contributed by atoms with E-state index in [1.165, 1.54) is 56.7 Å². The molecule has 0 fully saturated rings. The topological polar surface area (TPSA) is 43.4 Å². The van der Waals surface area contributed by atoms with Gasteiger partial charge in [0, 0.05) is 76.9 Å². The maximum Gasteiger partial charge on any atom is 0.273 e. The molecule has 17 rings (SSSR count). The second-order valence-corrected chi connectivity index (χ2v) is 23.3. The van der Waals surface area contributed by atoms with Crippen molar-refractivity contribution >= 4 is 145 Å². The van der Waals surface area contributed by atoms with Gasteiger partial charge in [0.2, 0.25) is 0 Å². The zero-order valence-corrected chi connectivity index (χ0v) is 43.3. The number of aryl methyl sites for hydroxylation is 3. The van der Waals surface area contributed by atoms with Crippen LogP contribution in [-0.4, -0.2) is 20.1 Å². The fraction of sp³-hybridized carbons (Fsp3) is 0.0492. The van der Waals surface area contributed by atoms with Crippen molar-refractivity contribution in [3.63, 3.8) is 0 Å². The Morgan fingerprint density at radius 1 is 0.362 bits per heavy atom. The first-order valence-corrected chi connectivity index (χ1v) is 27.1. The number of ether oxygens (including phenoxy) is 4. The largest absolute Gasteiger partial charge is 0.458 e. The first-order valence-electron chi connectivity index (χ1n) is 25.5. The minimum atomic E-state index is -0.905. The van der Waals surface area contributed by atoms with Gasteiger partial charge in [-0.3, -0.25) is 0 Å². The van der Waals surface area contributed by atoms with Crippen LogP contribution in [0.2, 0.25) is 0 Å². The standard InChI is InChI=1S/C61H29B3F8N2O4S2/c1-24-10-41-53-42(11-24)74(57-35(69)8-5-9-36(57)70)40-23-44-32(64-55-46(76-44)13-26(3)15-48(55)78-59-52-38(72)17-28(66)19-50(52)80-61(59)64)21-30(40)62(53)29-20-31-43(22-39(29)73(41)56-33(67)6-4-7-34(56)68)75-45-12-25(2)14-47-54(45)63(31)60-58(77-47)51-37(71)16-27(65)18-49(51)79-60/h4-23H,1-3H3. The molecule has 0 saturated carbocycles. The lowest BCUT2D eigenvalue weighted by atomic mass is 9.30. The molecule has 19 heteroatoms. The van der Waals surface area contributed by atoms with Gasteiger partial charge in [0.15, 0.2) is 0 Å². The Morgan fingerprint density at radius 3 is 1.16 bits per heavy atom. The molecule has 2 aromatic heterocycles. The maximum atomic E-state index is 16.9. The summed E-state index contributed by atoms with van der Waals surface area (Å²) in [4.78, 5) is 2.97. The van der Waals surface area contributed by atoms with Crippen molar-refractivity contribution in [2.45, 2.75) is 20.8 Å². The van der Waals surface area contributed by atoms with Gasteiger partial charge in [-0.05, 0) is 138 Å². The summed E-state index contributed by atoms with van der Waals surface area (Å²) in [6.45, 7) is 3.18. The number of fused-ring (bicyclic) bond motifs is 16. The van der Waals surface area contributed by atoms with Gasteiger partial charge >= 0.3 is 0 Å². The molecule has 80 heavy (non-hydrogen) atoms. The lowest BCUT2D eigenvalue weighted by Crippen LogP contribution is -2.65. The molecule has 0 aliphatic carbocycles. The van der Waals surface area contributed by atoms with Crippen molar-refractivity contribution in [1.82, 2.24) is 0 Å². The van der Waals surface area contributed by atoms with Crippen LogP contribution in [0.5, 0.6) is 46.0 Å². The number of hydrogen-bond donors (Lipinski definition) is 0. The molecule has 0 spiro atoms. The van der Waals surface area contributed by atoms with E-state index < -0.39 is 78.1 Å². The molecule has 0 N–H and O–H groups in total. The Bertz CT molecular complexity index is 4450. The maximum absolute atomic E-state index is 16.9. The summed E-state index contributed by atoms with van der Waals surface area (Å²) >= 11 is 2.35. The molecule has 0 atom stereocenters. The first-order chi connectivity index (χ1) is 38.6. The van der Waals surface area contributed by atoms with E-state index in [0.717, 1.165) is 47.5 Å². The zero-order chi connectivity index (χ0) is 54.2. The zero-order valence-electron chi connectivity index (χ0n) is 41.6. The average Bonchev–Trinajstić information content (AvgIpc) is 4.10. The molecule has 6 aliphatic heterocycles. The predicted octanol–water partition coefficient (Wildman–Crippen LogP) is 11.7. The summed E-state index contributed by atoms with van der Waals surface area (Å²) in [5.74, 6) is -4.04. The molecule has 0 saturated heterocycles. The van der Waals surface area contributed by atoms with E-state index in [4.69, 9.17) is 18.9 Å². The van der Waals surface area contributed by atoms with Gasteiger partial charge in [0.1, 0.15) is 104 Å². The monoisotopic (exact) mass is 1100 g/mol. The Hall–Kier alpha value is -8.67. The molecular formula is C61H29B3F8N2O4S2. The van der Waals surface area contributed by atoms with Gasteiger partial charge in [-0.1, -0.05) is 24.3 Å². The van der Waals surface area contributed by atoms with Crippen molar-refractivity contribution in [1.29, 1.82) is 0 Å². The van der Waals surface area contributed by atoms with E-state index in [0.29, 0.717) is 120 Å². The van der Waals surface area contributed by atoms with Gasteiger partial charge < -0.3 is 28.7 Å². The molecule has 0 bridgehead atoms. The lowest BCUT2D eigenvalue weighted by molar-refractivity contribution is 0.465. The highest BCUT2D eigenvalue weighted by molar-refractivity contribution is 7.33. The minimum absolute atomic E-state index is 0.109.